The molecular weight excluding hydrogens is 323 g/mol. The molecule has 6 heteroatoms. The molecule has 25 heavy (non-hydrogen) atoms. The van der Waals surface area contributed by atoms with Crippen LogP contribution in [0.2, 0.25) is 0 Å². The monoisotopic (exact) mass is 338 g/mol. The summed E-state index contributed by atoms with van der Waals surface area (Å²) in [5, 5.41) is 30.2. The first-order valence-electron chi connectivity index (χ1n) is 7.32. The van der Waals surface area contributed by atoms with Gasteiger partial charge in [0.1, 0.15) is 17.5 Å². The molecule has 2 rings (SSSR count). The van der Waals surface area contributed by atoms with Crippen molar-refractivity contribution in [3.05, 3.63) is 77.1 Å². The number of carbonyl (C=O) groups excluding carboxylic acids is 1. The molecule has 2 aromatic rings. The van der Waals surface area contributed by atoms with E-state index >= 15 is 0 Å². The van der Waals surface area contributed by atoms with Gasteiger partial charge in [0, 0.05) is 6.54 Å². The minimum Gasteiger partial charge on any atom is -0.504 e. The number of rotatable bonds is 5. The Labute approximate surface area is 144 Å². The molecule has 0 unspecified atom stereocenters. The minimum absolute atomic E-state index is 0.102. The van der Waals surface area contributed by atoms with E-state index in [1.165, 1.54) is 42.5 Å². The van der Waals surface area contributed by atoms with E-state index in [0.717, 1.165) is 0 Å². The standard InChI is InChI=1S/C19H15FN2O3/c20-16-6-2-4-14(9-16)12-22-19(25)15(11-21)5-1-3-13-7-8-17(23)18(24)10-13/h1-10,23-24H,12H2,(H,22,25)/b3-1+,15-5+. The normalized spacial score (nSPS) is 11.3. The number of allylic oxidation sites excluding steroid dienone is 2. The maximum atomic E-state index is 13.1. The van der Waals surface area contributed by atoms with Gasteiger partial charge in [-0.05, 0) is 41.5 Å². The van der Waals surface area contributed by atoms with Crippen molar-refractivity contribution >= 4 is 12.0 Å². The molecule has 0 atom stereocenters. The van der Waals surface area contributed by atoms with Crippen LogP contribution in [0.1, 0.15) is 11.1 Å². The summed E-state index contributed by atoms with van der Waals surface area (Å²) in [6.07, 6.45) is 4.37. The first kappa shape index (κ1) is 17.8. The van der Waals surface area contributed by atoms with Crippen LogP contribution >= 0.6 is 0 Å². The van der Waals surface area contributed by atoms with Gasteiger partial charge in [0.25, 0.3) is 5.91 Å². The van der Waals surface area contributed by atoms with Crippen molar-refractivity contribution in [1.82, 2.24) is 5.32 Å². The first-order valence-corrected chi connectivity index (χ1v) is 7.32. The van der Waals surface area contributed by atoms with Crippen LogP contribution in [0.4, 0.5) is 4.39 Å². The summed E-state index contributed by atoms with van der Waals surface area (Å²) in [5.41, 5.74) is 1.06. The molecule has 0 spiro atoms. The molecule has 3 N–H and O–H groups in total. The maximum Gasteiger partial charge on any atom is 0.262 e. The zero-order valence-electron chi connectivity index (χ0n) is 13.1. The van der Waals surface area contributed by atoms with E-state index in [2.05, 4.69) is 5.32 Å². The second-order valence-corrected chi connectivity index (χ2v) is 5.11. The summed E-state index contributed by atoms with van der Waals surface area (Å²) in [5.74, 6) is -1.48. The van der Waals surface area contributed by atoms with Crippen molar-refractivity contribution in [2.45, 2.75) is 6.54 Å². The summed E-state index contributed by atoms with van der Waals surface area (Å²) in [6, 6.07) is 11.8. The highest BCUT2D eigenvalue weighted by Gasteiger charge is 2.07. The van der Waals surface area contributed by atoms with E-state index in [1.807, 2.05) is 0 Å². The largest absolute Gasteiger partial charge is 0.504 e. The zero-order chi connectivity index (χ0) is 18.2. The molecule has 0 saturated heterocycles. The van der Waals surface area contributed by atoms with Gasteiger partial charge in [0.2, 0.25) is 0 Å². The smallest absolute Gasteiger partial charge is 0.262 e. The number of nitrogens with zero attached hydrogens (tertiary/aromatic N) is 1. The summed E-state index contributed by atoms with van der Waals surface area (Å²) in [7, 11) is 0. The van der Waals surface area contributed by atoms with Crippen LogP contribution in [-0.2, 0) is 11.3 Å². The average Bonchev–Trinajstić information content (AvgIpc) is 2.60. The third-order valence-corrected chi connectivity index (χ3v) is 3.26. The van der Waals surface area contributed by atoms with E-state index in [0.29, 0.717) is 11.1 Å². The number of nitrogens with one attached hydrogen (secondary N) is 1. The van der Waals surface area contributed by atoms with Crippen LogP contribution < -0.4 is 5.32 Å². The van der Waals surface area contributed by atoms with Crippen LogP contribution in [0.15, 0.2) is 60.2 Å². The Morgan fingerprint density at radius 3 is 2.68 bits per heavy atom. The van der Waals surface area contributed by atoms with Crippen molar-refractivity contribution in [3.63, 3.8) is 0 Å². The molecule has 126 valence electrons. The van der Waals surface area contributed by atoms with Crippen LogP contribution in [0.5, 0.6) is 11.5 Å². The number of nitriles is 1. The Hall–Kier alpha value is -3.59. The summed E-state index contributed by atoms with van der Waals surface area (Å²) >= 11 is 0. The van der Waals surface area contributed by atoms with Gasteiger partial charge in [-0.15, -0.1) is 0 Å². The van der Waals surface area contributed by atoms with Crippen LogP contribution in [0, 0.1) is 17.1 Å². The van der Waals surface area contributed by atoms with Crippen molar-refractivity contribution < 1.29 is 19.4 Å². The number of benzene rings is 2. The Morgan fingerprint density at radius 1 is 1.20 bits per heavy atom. The molecule has 0 aromatic heterocycles. The Balaban J connectivity index is 2.01. The van der Waals surface area contributed by atoms with Gasteiger partial charge in [0.05, 0.1) is 0 Å². The van der Waals surface area contributed by atoms with Crippen molar-refractivity contribution in [2.24, 2.45) is 0 Å². The highest BCUT2D eigenvalue weighted by molar-refractivity contribution is 5.97. The number of hydrogen-bond donors (Lipinski definition) is 3. The lowest BCUT2D eigenvalue weighted by Crippen LogP contribution is -2.24. The van der Waals surface area contributed by atoms with Crippen LogP contribution in [0.3, 0.4) is 0 Å². The average molecular weight is 338 g/mol. The molecule has 0 heterocycles. The maximum absolute atomic E-state index is 13.1. The van der Waals surface area contributed by atoms with Gasteiger partial charge in [0.15, 0.2) is 11.5 Å². The van der Waals surface area contributed by atoms with Gasteiger partial charge < -0.3 is 15.5 Å². The van der Waals surface area contributed by atoms with E-state index in [4.69, 9.17) is 5.26 Å². The molecule has 0 aliphatic rings. The molecule has 0 aliphatic heterocycles. The minimum atomic E-state index is -0.579. The molecule has 1 amide bonds. The topological polar surface area (TPSA) is 93.3 Å². The molecular formula is C19H15FN2O3. The number of aromatic hydroxyl groups is 2. The highest BCUT2D eigenvalue weighted by atomic mass is 19.1. The summed E-state index contributed by atoms with van der Waals surface area (Å²) < 4.78 is 13.1. The van der Waals surface area contributed by atoms with Crippen LogP contribution in [-0.4, -0.2) is 16.1 Å². The summed E-state index contributed by atoms with van der Waals surface area (Å²) in [4.78, 5) is 12.0. The van der Waals surface area contributed by atoms with Gasteiger partial charge in [-0.25, -0.2) is 4.39 Å². The zero-order valence-corrected chi connectivity index (χ0v) is 13.1. The van der Waals surface area contributed by atoms with Gasteiger partial charge in [-0.1, -0.05) is 30.4 Å². The summed E-state index contributed by atoms with van der Waals surface area (Å²) in [6.45, 7) is 0.102. The second kappa shape index (κ2) is 8.31. The number of halogens is 1. The lowest BCUT2D eigenvalue weighted by molar-refractivity contribution is -0.117. The number of amides is 1. The number of phenols is 2. The number of phenolic OH excluding ortho intramolecular Hbond substituents is 2. The van der Waals surface area contributed by atoms with Crippen LogP contribution in [0.25, 0.3) is 6.08 Å². The molecule has 0 saturated carbocycles. The van der Waals surface area contributed by atoms with Crippen molar-refractivity contribution in [2.75, 3.05) is 0 Å². The van der Waals surface area contributed by atoms with Gasteiger partial charge >= 0.3 is 0 Å². The molecule has 5 nitrogen and oxygen atoms in total. The first-order chi connectivity index (χ1) is 12.0. The molecule has 0 aliphatic carbocycles. The number of carbonyl (C=O) groups is 1. The van der Waals surface area contributed by atoms with Gasteiger partial charge in [-0.2, -0.15) is 5.26 Å². The fourth-order valence-electron chi connectivity index (χ4n) is 1.99. The van der Waals surface area contributed by atoms with Crippen molar-refractivity contribution in [1.29, 1.82) is 5.26 Å². The predicted molar refractivity (Wildman–Crippen MR) is 90.7 cm³/mol. The van der Waals surface area contributed by atoms with Crippen molar-refractivity contribution in [3.8, 4) is 17.6 Å². The SMILES string of the molecule is N#C/C(=C\C=C\c1ccc(O)c(O)c1)C(=O)NCc1cccc(F)c1. The quantitative estimate of drug-likeness (QED) is 0.338. The molecule has 0 fully saturated rings. The van der Waals surface area contributed by atoms with Gasteiger partial charge in [-0.3, -0.25) is 4.79 Å². The Bertz CT molecular complexity index is 882. The third kappa shape index (κ3) is 5.22. The highest BCUT2D eigenvalue weighted by Crippen LogP contribution is 2.25. The second-order valence-electron chi connectivity index (χ2n) is 5.11. The van der Waals surface area contributed by atoms with E-state index in [1.54, 1.807) is 24.3 Å². The lowest BCUT2D eigenvalue weighted by atomic mass is 10.1. The third-order valence-electron chi connectivity index (χ3n) is 3.26. The number of hydrogen-bond acceptors (Lipinski definition) is 4. The Kier molecular flexibility index (Phi) is 5.91. The Morgan fingerprint density at radius 2 is 2.00 bits per heavy atom. The fourth-order valence-corrected chi connectivity index (χ4v) is 1.99. The van der Waals surface area contributed by atoms with E-state index in [-0.39, 0.29) is 23.6 Å². The lowest BCUT2D eigenvalue weighted by Gasteiger charge is -2.04. The molecule has 2 aromatic carbocycles. The molecule has 0 radical (unpaired) electrons. The predicted octanol–water partition coefficient (Wildman–Crippen LogP) is 3.02. The van der Waals surface area contributed by atoms with E-state index < -0.39 is 11.7 Å². The van der Waals surface area contributed by atoms with E-state index in [9.17, 15) is 19.4 Å². The molecule has 0 bridgehead atoms. The fraction of sp³-hybridized carbons (Fsp3) is 0.0526.